The lowest BCUT2D eigenvalue weighted by Gasteiger charge is -2.31. The van der Waals surface area contributed by atoms with Crippen molar-refractivity contribution < 1.29 is 4.79 Å². The van der Waals surface area contributed by atoms with Crippen molar-refractivity contribution in [2.45, 2.75) is 26.8 Å². The minimum absolute atomic E-state index is 0.0991. The van der Waals surface area contributed by atoms with Gasteiger partial charge in [-0.1, -0.05) is 23.2 Å². The maximum absolute atomic E-state index is 12.9. The summed E-state index contributed by atoms with van der Waals surface area (Å²) in [5.41, 5.74) is 2.50. The van der Waals surface area contributed by atoms with Crippen LogP contribution in [0.4, 0.5) is 5.82 Å². The highest BCUT2D eigenvalue weighted by Gasteiger charge is 2.27. The number of rotatable bonds is 3. The van der Waals surface area contributed by atoms with Gasteiger partial charge in [-0.05, 0) is 32.0 Å². The molecule has 3 rings (SSSR count). The van der Waals surface area contributed by atoms with Crippen molar-refractivity contribution >= 4 is 34.9 Å². The molecule has 0 unspecified atom stereocenters. The van der Waals surface area contributed by atoms with Crippen LogP contribution in [-0.4, -0.2) is 40.9 Å². The highest BCUT2D eigenvalue weighted by molar-refractivity contribution is 6.36. The predicted molar refractivity (Wildman–Crippen MR) is 101 cm³/mol. The van der Waals surface area contributed by atoms with Crippen molar-refractivity contribution in [3.8, 4) is 0 Å². The normalized spacial score (nSPS) is 13.6. The highest BCUT2D eigenvalue weighted by Crippen LogP contribution is 2.29. The summed E-state index contributed by atoms with van der Waals surface area (Å²) in [5.74, 6) is 1.55. The van der Waals surface area contributed by atoms with Gasteiger partial charge in [0.25, 0.3) is 5.91 Å². The molecule has 0 spiro atoms. The molecule has 1 aromatic carbocycles. The maximum Gasteiger partial charge on any atom is 0.255 e. The fraction of sp³-hybridized carbons (Fsp3) is 0.389. The summed E-state index contributed by atoms with van der Waals surface area (Å²) in [6.45, 7) is 5.89. The summed E-state index contributed by atoms with van der Waals surface area (Å²) in [4.78, 5) is 25.9. The maximum atomic E-state index is 12.9. The van der Waals surface area contributed by atoms with Crippen LogP contribution in [0, 0.1) is 6.92 Å². The number of anilines is 1. The van der Waals surface area contributed by atoms with E-state index < -0.39 is 0 Å². The molecule has 0 aliphatic carbocycles. The van der Waals surface area contributed by atoms with Crippen LogP contribution in [0.1, 0.15) is 34.4 Å². The number of hydrogen-bond acceptors (Lipinski definition) is 4. The molecule has 0 fully saturated rings. The van der Waals surface area contributed by atoms with Crippen molar-refractivity contribution in [2.75, 3.05) is 25.0 Å². The Morgan fingerprint density at radius 3 is 2.76 bits per heavy atom. The average molecular weight is 379 g/mol. The zero-order valence-corrected chi connectivity index (χ0v) is 16.0. The Morgan fingerprint density at radius 1 is 1.32 bits per heavy atom. The quantitative estimate of drug-likeness (QED) is 0.815. The highest BCUT2D eigenvalue weighted by atomic mass is 35.5. The minimum Gasteiger partial charge on any atom is -0.360 e. The molecule has 0 atom stereocenters. The number of nitrogens with zero attached hydrogens (tertiary/aromatic N) is 4. The lowest BCUT2D eigenvalue weighted by Crippen LogP contribution is -2.38. The molecular formula is C18H20Cl2N4O. The van der Waals surface area contributed by atoms with Crippen LogP contribution in [0.2, 0.25) is 10.0 Å². The van der Waals surface area contributed by atoms with Crippen LogP contribution in [0.15, 0.2) is 18.2 Å². The number of amides is 1. The summed E-state index contributed by atoms with van der Waals surface area (Å²) in [6.07, 6.45) is 0.709. The van der Waals surface area contributed by atoms with E-state index >= 15 is 0 Å². The molecule has 0 saturated carbocycles. The van der Waals surface area contributed by atoms with Gasteiger partial charge in [-0.2, -0.15) is 0 Å². The Labute approximate surface area is 157 Å². The van der Waals surface area contributed by atoms with Gasteiger partial charge in [0.15, 0.2) is 0 Å². The van der Waals surface area contributed by atoms with E-state index in [-0.39, 0.29) is 5.91 Å². The molecular weight excluding hydrogens is 359 g/mol. The lowest BCUT2D eigenvalue weighted by molar-refractivity contribution is 0.0734. The third-order valence-electron chi connectivity index (χ3n) is 4.43. The smallest absolute Gasteiger partial charge is 0.255 e. The largest absolute Gasteiger partial charge is 0.360 e. The third kappa shape index (κ3) is 3.58. The fourth-order valence-corrected chi connectivity index (χ4v) is 3.48. The topological polar surface area (TPSA) is 49.3 Å². The predicted octanol–water partition coefficient (Wildman–Crippen LogP) is 3.75. The van der Waals surface area contributed by atoms with Gasteiger partial charge < -0.3 is 9.80 Å². The Bertz CT molecular complexity index is 825. The molecule has 25 heavy (non-hydrogen) atoms. The molecule has 0 saturated heterocycles. The lowest BCUT2D eigenvalue weighted by atomic mass is 10.0. The molecule has 2 aromatic rings. The van der Waals surface area contributed by atoms with Crippen LogP contribution in [0.25, 0.3) is 0 Å². The second-order valence-electron chi connectivity index (χ2n) is 6.13. The van der Waals surface area contributed by atoms with Crippen LogP contribution in [0.5, 0.6) is 0 Å². The zero-order chi connectivity index (χ0) is 18.1. The Morgan fingerprint density at radius 2 is 2.08 bits per heavy atom. The molecule has 7 heteroatoms. The molecule has 0 N–H and O–H groups in total. The molecule has 0 bridgehead atoms. The molecule has 1 amide bonds. The molecule has 0 radical (unpaired) electrons. The standard InChI is InChI=1S/C18H20Cl2N4O/c1-4-23(3)17-14-10-24(8-7-16(14)21-11(2)22-17)18(25)13-6-5-12(19)9-15(13)20/h5-6,9H,4,7-8,10H2,1-3H3. The van der Waals surface area contributed by atoms with Gasteiger partial charge in [0.05, 0.1) is 22.8 Å². The number of carbonyl (C=O) groups is 1. The summed E-state index contributed by atoms with van der Waals surface area (Å²) in [7, 11) is 2.00. The summed E-state index contributed by atoms with van der Waals surface area (Å²) in [5, 5.41) is 0.885. The summed E-state index contributed by atoms with van der Waals surface area (Å²) >= 11 is 12.1. The number of aromatic nitrogens is 2. The van der Waals surface area contributed by atoms with E-state index in [1.807, 2.05) is 14.0 Å². The number of fused-ring (bicyclic) bond motifs is 1. The monoisotopic (exact) mass is 378 g/mol. The Hall–Kier alpha value is -1.85. The SMILES string of the molecule is CCN(C)c1nc(C)nc2c1CN(C(=O)c1ccc(Cl)cc1Cl)CC2. The van der Waals surface area contributed by atoms with Crippen LogP contribution in [-0.2, 0) is 13.0 Å². The van der Waals surface area contributed by atoms with Crippen LogP contribution >= 0.6 is 23.2 Å². The van der Waals surface area contributed by atoms with Gasteiger partial charge >= 0.3 is 0 Å². The van der Waals surface area contributed by atoms with E-state index in [1.165, 1.54) is 0 Å². The number of hydrogen-bond donors (Lipinski definition) is 0. The van der Waals surface area contributed by atoms with Crippen molar-refractivity contribution in [1.82, 2.24) is 14.9 Å². The van der Waals surface area contributed by atoms with E-state index in [0.717, 1.165) is 29.4 Å². The average Bonchev–Trinajstić information content (AvgIpc) is 2.59. The van der Waals surface area contributed by atoms with Gasteiger partial charge in [0, 0.05) is 37.1 Å². The first-order chi connectivity index (χ1) is 11.9. The van der Waals surface area contributed by atoms with Crippen molar-refractivity contribution in [1.29, 1.82) is 0 Å². The van der Waals surface area contributed by atoms with Gasteiger partial charge in [-0.3, -0.25) is 4.79 Å². The van der Waals surface area contributed by atoms with Gasteiger partial charge in [-0.25, -0.2) is 9.97 Å². The number of carbonyl (C=O) groups excluding carboxylic acids is 1. The third-order valence-corrected chi connectivity index (χ3v) is 4.98. The van der Waals surface area contributed by atoms with E-state index in [1.54, 1.807) is 23.1 Å². The number of halogens is 2. The Kier molecular flexibility index (Phi) is 5.16. The van der Waals surface area contributed by atoms with Crippen molar-refractivity contribution in [3.63, 3.8) is 0 Å². The van der Waals surface area contributed by atoms with Crippen LogP contribution < -0.4 is 4.90 Å². The van der Waals surface area contributed by atoms with E-state index in [4.69, 9.17) is 23.2 Å². The number of aryl methyl sites for hydroxylation is 1. The van der Waals surface area contributed by atoms with Crippen molar-refractivity contribution in [3.05, 3.63) is 50.9 Å². The summed E-state index contributed by atoms with van der Waals surface area (Å²) < 4.78 is 0. The van der Waals surface area contributed by atoms with E-state index in [0.29, 0.717) is 35.1 Å². The van der Waals surface area contributed by atoms with Crippen molar-refractivity contribution in [2.24, 2.45) is 0 Å². The molecule has 132 valence electrons. The minimum atomic E-state index is -0.0991. The molecule has 2 heterocycles. The zero-order valence-electron chi connectivity index (χ0n) is 14.5. The van der Waals surface area contributed by atoms with Gasteiger partial charge in [0.1, 0.15) is 11.6 Å². The first-order valence-corrected chi connectivity index (χ1v) is 8.98. The van der Waals surface area contributed by atoms with E-state index in [9.17, 15) is 4.79 Å². The van der Waals surface area contributed by atoms with Crippen LogP contribution in [0.3, 0.4) is 0 Å². The Balaban J connectivity index is 1.93. The summed E-state index contributed by atoms with van der Waals surface area (Å²) in [6, 6.07) is 4.95. The van der Waals surface area contributed by atoms with Gasteiger partial charge in [-0.15, -0.1) is 0 Å². The first kappa shape index (κ1) is 18.0. The number of benzene rings is 1. The molecule has 1 aromatic heterocycles. The second kappa shape index (κ2) is 7.18. The molecule has 1 aliphatic rings. The molecule has 1 aliphatic heterocycles. The first-order valence-electron chi connectivity index (χ1n) is 8.22. The molecule has 5 nitrogen and oxygen atoms in total. The van der Waals surface area contributed by atoms with Gasteiger partial charge in [0.2, 0.25) is 0 Å². The fourth-order valence-electron chi connectivity index (χ4n) is 2.99. The second-order valence-corrected chi connectivity index (χ2v) is 6.98. The van der Waals surface area contributed by atoms with E-state index in [2.05, 4.69) is 21.8 Å².